The summed E-state index contributed by atoms with van der Waals surface area (Å²) in [6.07, 6.45) is 2.07. The van der Waals surface area contributed by atoms with E-state index >= 15 is 0 Å². The number of rotatable bonds is 4. The topological polar surface area (TPSA) is 35.5 Å². The molecule has 2 N–H and O–H groups in total. The van der Waals surface area contributed by atoms with Crippen molar-refractivity contribution in [3.63, 3.8) is 0 Å². The van der Waals surface area contributed by atoms with Crippen LogP contribution in [0.25, 0.3) is 0 Å². The first kappa shape index (κ1) is 12.0. The Kier molecular flexibility index (Phi) is 4.35. The molecule has 0 amide bonds. The minimum atomic E-state index is -0.461. The van der Waals surface area contributed by atoms with Crippen molar-refractivity contribution >= 4 is 0 Å². The Bertz CT molecular complexity index is 171. The fraction of sp³-hybridized carbons (Fsp3) is 1.00. The lowest BCUT2D eigenvalue weighted by molar-refractivity contribution is -0.0190. The largest absolute Gasteiger partial charge is 0.389 e. The molecule has 0 spiro atoms. The standard InChI is InChI=1S/C11H24N2O/c1-10(7-12-3)8-13-6-4-5-11(2,14)9-13/h10,12,14H,4-9H2,1-3H3. The number of likely N-dealkylation sites (tertiary alicyclic amines) is 1. The average molecular weight is 200 g/mol. The Hall–Kier alpha value is -0.120. The Morgan fingerprint density at radius 2 is 2.29 bits per heavy atom. The zero-order chi connectivity index (χ0) is 10.6. The summed E-state index contributed by atoms with van der Waals surface area (Å²) >= 11 is 0. The smallest absolute Gasteiger partial charge is 0.0746 e. The molecule has 1 saturated heterocycles. The van der Waals surface area contributed by atoms with Crippen molar-refractivity contribution in [2.24, 2.45) is 5.92 Å². The molecular formula is C11H24N2O. The third-order valence-corrected chi connectivity index (χ3v) is 2.88. The first-order valence-corrected chi connectivity index (χ1v) is 5.63. The number of hydrogen-bond donors (Lipinski definition) is 2. The molecule has 1 aliphatic heterocycles. The summed E-state index contributed by atoms with van der Waals surface area (Å²) in [6.45, 7) is 8.32. The van der Waals surface area contributed by atoms with Crippen molar-refractivity contribution in [1.29, 1.82) is 0 Å². The Morgan fingerprint density at radius 1 is 1.57 bits per heavy atom. The zero-order valence-electron chi connectivity index (χ0n) is 9.71. The van der Waals surface area contributed by atoms with Crippen LogP contribution in [-0.2, 0) is 0 Å². The SMILES string of the molecule is CNCC(C)CN1CCCC(C)(O)C1. The molecule has 0 aromatic rings. The van der Waals surface area contributed by atoms with Crippen LogP contribution in [-0.4, -0.2) is 48.8 Å². The van der Waals surface area contributed by atoms with Gasteiger partial charge in [-0.3, -0.25) is 0 Å². The van der Waals surface area contributed by atoms with Crippen molar-refractivity contribution in [3.8, 4) is 0 Å². The first-order valence-electron chi connectivity index (χ1n) is 5.63. The van der Waals surface area contributed by atoms with Crippen molar-refractivity contribution in [2.75, 3.05) is 33.2 Å². The van der Waals surface area contributed by atoms with E-state index in [9.17, 15) is 5.11 Å². The minimum absolute atomic E-state index is 0.461. The molecule has 0 aromatic heterocycles. The predicted octanol–water partition coefficient (Wildman–Crippen LogP) is 0.689. The quantitative estimate of drug-likeness (QED) is 0.701. The summed E-state index contributed by atoms with van der Waals surface area (Å²) in [7, 11) is 1.99. The van der Waals surface area contributed by atoms with Crippen LogP contribution in [0.5, 0.6) is 0 Å². The molecule has 0 aliphatic carbocycles. The maximum Gasteiger partial charge on any atom is 0.0746 e. The van der Waals surface area contributed by atoms with Gasteiger partial charge in [-0.25, -0.2) is 0 Å². The fourth-order valence-electron chi connectivity index (χ4n) is 2.33. The van der Waals surface area contributed by atoms with E-state index in [2.05, 4.69) is 17.1 Å². The second kappa shape index (κ2) is 5.10. The third-order valence-electron chi connectivity index (χ3n) is 2.88. The van der Waals surface area contributed by atoms with E-state index in [4.69, 9.17) is 0 Å². The molecule has 2 unspecified atom stereocenters. The second-order valence-electron chi connectivity index (χ2n) is 5.00. The number of aliphatic hydroxyl groups is 1. The number of hydrogen-bond acceptors (Lipinski definition) is 3. The molecule has 0 saturated carbocycles. The molecule has 3 heteroatoms. The highest BCUT2D eigenvalue weighted by atomic mass is 16.3. The Labute approximate surface area is 87.5 Å². The Balaban J connectivity index is 2.30. The van der Waals surface area contributed by atoms with Crippen LogP contribution in [0.2, 0.25) is 0 Å². The van der Waals surface area contributed by atoms with Gasteiger partial charge >= 0.3 is 0 Å². The van der Waals surface area contributed by atoms with Crippen LogP contribution in [0.15, 0.2) is 0 Å². The lowest BCUT2D eigenvalue weighted by Crippen LogP contribution is -2.48. The number of piperidine rings is 1. The van der Waals surface area contributed by atoms with E-state index in [-0.39, 0.29) is 0 Å². The highest BCUT2D eigenvalue weighted by molar-refractivity contribution is 4.83. The van der Waals surface area contributed by atoms with Gasteiger partial charge in [-0.15, -0.1) is 0 Å². The molecular weight excluding hydrogens is 176 g/mol. The molecule has 3 nitrogen and oxygen atoms in total. The summed E-state index contributed by atoms with van der Waals surface area (Å²) in [5.74, 6) is 0.661. The van der Waals surface area contributed by atoms with Crippen LogP contribution >= 0.6 is 0 Å². The summed E-state index contributed by atoms with van der Waals surface area (Å²) in [6, 6.07) is 0. The second-order valence-corrected chi connectivity index (χ2v) is 5.00. The van der Waals surface area contributed by atoms with E-state index < -0.39 is 5.60 Å². The Morgan fingerprint density at radius 3 is 2.86 bits per heavy atom. The van der Waals surface area contributed by atoms with Crippen LogP contribution in [0, 0.1) is 5.92 Å². The van der Waals surface area contributed by atoms with Crippen molar-refractivity contribution in [1.82, 2.24) is 10.2 Å². The van der Waals surface area contributed by atoms with Gasteiger partial charge in [0, 0.05) is 13.1 Å². The van der Waals surface area contributed by atoms with Gasteiger partial charge in [0.05, 0.1) is 5.60 Å². The van der Waals surface area contributed by atoms with Crippen LogP contribution in [0.1, 0.15) is 26.7 Å². The fourth-order valence-corrected chi connectivity index (χ4v) is 2.33. The van der Waals surface area contributed by atoms with Gasteiger partial charge in [0.2, 0.25) is 0 Å². The van der Waals surface area contributed by atoms with Crippen LogP contribution in [0.3, 0.4) is 0 Å². The maximum absolute atomic E-state index is 9.93. The zero-order valence-corrected chi connectivity index (χ0v) is 9.71. The van der Waals surface area contributed by atoms with Gasteiger partial charge in [0.15, 0.2) is 0 Å². The molecule has 1 rings (SSSR count). The van der Waals surface area contributed by atoms with Gasteiger partial charge in [0.1, 0.15) is 0 Å². The maximum atomic E-state index is 9.93. The number of nitrogens with one attached hydrogen (secondary N) is 1. The number of nitrogens with zero attached hydrogens (tertiary/aromatic N) is 1. The molecule has 84 valence electrons. The van der Waals surface area contributed by atoms with E-state index in [1.807, 2.05) is 14.0 Å². The number of β-amino-alcohol motifs (C(OH)–C–C–N with tert-alkyl or cyclic N) is 1. The molecule has 0 radical (unpaired) electrons. The van der Waals surface area contributed by atoms with Gasteiger partial charge in [-0.05, 0) is 45.8 Å². The van der Waals surface area contributed by atoms with Gasteiger partial charge < -0.3 is 15.3 Å². The van der Waals surface area contributed by atoms with Crippen molar-refractivity contribution in [3.05, 3.63) is 0 Å². The molecule has 1 fully saturated rings. The van der Waals surface area contributed by atoms with E-state index in [1.165, 1.54) is 0 Å². The lowest BCUT2D eigenvalue weighted by atomic mass is 9.94. The van der Waals surface area contributed by atoms with Crippen LogP contribution in [0.4, 0.5) is 0 Å². The van der Waals surface area contributed by atoms with Gasteiger partial charge in [-0.2, -0.15) is 0 Å². The molecule has 14 heavy (non-hydrogen) atoms. The molecule has 1 aliphatic rings. The lowest BCUT2D eigenvalue weighted by Gasteiger charge is -2.38. The summed E-state index contributed by atoms with van der Waals surface area (Å²) < 4.78 is 0. The highest BCUT2D eigenvalue weighted by Crippen LogP contribution is 2.20. The molecule has 1 heterocycles. The highest BCUT2D eigenvalue weighted by Gasteiger charge is 2.28. The van der Waals surface area contributed by atoms with E-state index in [0.717, 1.165) is 39.0 Å². The van der Waals surface area contributed by atoms with Crippen molar-refractivity contribution < 1.29 is 5.11 Å². The summed E-state index contributed by atoms with van der Waals surface area (Å²) in [4.78, 5) is 2.38. The van der Waals surface area contributed by atoms with E-state index in [0.29, 0.717) is 5.92 Å². The average Bonchev–Trinajstić information content (AvgIpc) is 2.02. The van der Waals surface area contributed by atoms with E-state index in [1.54, 1.807) is 0 Å². The van der Waals surface area contributed by atoms with Crippen molar-refractivity contribution in [2.45, 2.75) is 32.3 Å². The molecule has 0 aromatic carbocycles. The minimum Gasteiger partial charge on any atom is -0.389 e. The summed E-state index contributed by atoms with van der Waals surface area (Å²) in [5, 5.41) is 13.1. The van der Waals surface area contributed by atoms with Gasteiger partial charge in [0.25, 0.3) is 0 Å². The molecule has 0 bridgehead atoms. The molecule has 2 atom stereocenters. The third kappa shape index (κ3) is 3.95. The van der Waals surface area contributed by atoms with Crippen LogP contribution < -0.4 is 5.32 Å². The van der Waals surface area contributed by atoms with Gasteiger partial charge in [-0.1, -0.05) is 6.92 Å². The normalized spacial score (nSPS) is 31.7. The first-order chi connectivity index (χ1) is 6.53. The monoisotopic (exact) mass is 200 g/mol. The predicted molar refractivity (Wildman–Crippen MR) is 59.4 cm³/mol. The summed E-state index contributed by atoms with van der Waals surface area (Å²) in [5.41, 5.74) is -0.461.